The van der Waals surface area contributed by atoms with Gasteiger partial charge in [-0.3, -0.25) is 9.69 Å². The summed E-state index contributed by atoms with van der Waals surface area (Å²) in [4.78, 5) is 25.3. The van der Waals surface area contributed by atoms with Gasteiger partial charge >= 0.3 is 6.03 Å². The minimum atomic E-state index is -0.328. The molecule has 2 rings (SSSR count). The average Bonchev–Trinajstić information content (AvgIpc) is 2.81. The van der Waals surface area contributed by atoms with Crippen LogP contribution in [-0.4, -0.2) is 28.0 Å². The number of aryl methyl sites for hydroxylation is 1. The van der Waals surface area contributed by atoms with Crippen molar-refractivity contribution in [3.8, 4) is 0 Å². The number of nitrogens with zero attached hydrogens (tertiary/aromatic N) is 2. The number of hydrogen-bond donors (Lipinski definition) is 1. The van der Waals surface area contributed by atoms with E-state index in [0.29, 0.717) is 18.3 Å². The zero-order valence-electron chi connectivity index (χ0n) is 13.4. The van der Waals surface area contributed by atoms with Crippen LogP contribution in [0.4, 0.5) is 4.79 Å². The number of urea groups is 1. The molecule has 0 atom stereocenters. The van der Waals surface area contributed by atoms with Crippen molar-refractivity contribution in [3.63, 3.8) is 0 Å². The third-order valence-corrected chi connectivity index (χ3v) is 3.75. The lowest BCUT2D eigenvalue weighted by molar-refractivity contribution is -0.122. The Kier molecular flexibility index (Phi) is 4.21. The fourth-order valence-electron chi connectivity index (χ4n) is 2.90. The van der Waals surface area contributed by atoms with Crippen LogP contribution < -0.4 is 5.32 Å². The molecule has 1 N–H and O–H groups in total. The molecule has 0 aromatic carbocycles. The maximum absolute atomic E-state index is 12.2. The van der Waals surface area contributed by atoms with Crippen molar-refractivity contribution >= 4 is 18.0 Å². The minimum absolute atomic E-state index is 0.240. The molecule has 0 radical (unpaired) electrons. The van der Waals surface area contributed by atoms with Gasteiger partial charge < -0.3 is 9.88 Å². The first kappa shape index (κ1) is 15.4. The minimum Gasteiger partial charge on any atom is -0.346 e. The smallest absolute Gasteiger partial charge is 0.329 e. The number of amides is 3. The molecule has 1 aromatic rings. The predicted molar refractivity (Wildman–Crippen MR) is 82.8 cm³/mol. The first-order valence-corrected chi connectivity index (χ1v) is 7.39. The third kappa shape index (κ3) is 2.73. The van der Waals surface area contributed by atoms with E-state index in [-0.39, 0.29) is 11.9 Å². The van der Waals surface area contributed by atoms with Crippen molar-refractivity contribution in [2.45, 2.75) is 47.1 Å². The molecule has 1 aliphatic heterocycles. The first-order valence-electron chi connectivity index (χ1n) is 7.39. The van der Waals surface area contributed by atoms with Gasteiger partial charge in [-0.05, 0) is 51.8 Å². The van der Waals surface area contributed by atoms with Crippen LogP contribution in [-0.2, 0) is 4.79 Å². The monoisotopic (exact) mass is 289 g/mol. The Morgan fingerprint density at radius 1 is 1.29 bits per heavy atom. The zero-order valence-corrected chi connectivity index (χ0v) is 13.4. The second-order valence-electron chi connectivity index (χ2n) is 5.74. The van der Waals surface area contributed by atoms with Crippen molar-refractivity contribution in [1.82, 2.24) is 14.8 Å². The van der Waals surface area contributed by atoms with E-state index < -0.39 is 0 Å². The number of imide groups is 1. The normalized spacial score (nSPS) is 17.2. The number of aromatic nitrogens is 1. The topological polar surface area (TPSA) is 54.3 Å². The molecule has 1 fully saturated rings. The van der Waals surface area contributed by atoms with Gasteiger partial charge in [0.25, 0.3) is 5.91 Å². The van der Waals surface area contributed by atoms with Crippen LogP contribution in [0.3, 0.4) is 0 Å². The van der Waals surface area contributed by atoms with E-state index in [1.165, 1.54) is 4.90 Å². The zero-order chi connectivity index (χ0) is 15.7. The van der Waals surface area contributed by atoms with Crippen LogP contribution in [0.15, 0.2) is 11.8 Å². The SMILES string of the molecule is CCCN1C(=O)N/C(=C/c2cc(C)n(C(C)C)c2C)C1=O. The van der Waals surface area contributed by atoms with Crippen molar-refractivity contribution in [3.05, 3.63) is 28.7 Å². The summed E-state index contributed by atoms with van der Waals surface area (Å²) in [6.07, 6.45) is 2.53. The Labute approximate surface area is 125 Å². The van der Waals surface area contributed by atoms with Gasteiger partial charge in [0.05, 0.1) is 0 Å². The Balaban J connectivity index is 2.35. The van der Waals surface area contributed by atoms with Gasteiger partial charge in [0, 0.05) is 24.0 Å². The maximum atomic E-state index is 12.2. The quantitative estimate of drug-likeness (QED) is 0.684. The van der Waals surface area contributed by atoms with E-state index >= 15 is 0 Å². The molecule has 1 saturated heterocycles. The molecule has 1 aliphatic rings. The molecule has 5 nitrogen and oxygen atoms in total. The van der Waals surface area contributed by atoms with Gasteiger partial charge in [0.2, 0.25) is 0 Å². The molecule has 1 aromatic heterocycles. The van der Waals surface area contributed by atoms with Crippen LogP contribution >= 0.6 is 0 Å². The van der Waals surface area contributed by atoms with Gasteiger partial charge in [0.15, 0.2) is 0 Å². The summed E-state index contributed by atoms with van der Waals surface area (Å²) < 4.78 is 2.22. The molecule has 5 heteroatoms. The Hall–Kier alpha value is -2.04. The third-order valence-electron chi connectivity index (χ3n) is 3.75. The number of rotatable bonds is 4. The fourth-order valence-corrected chi connectivity index (χ4v) is 2.90. The molecule has 2 heterocycles. The van der Waals surface area contributed by atoms with Gasteiger partial charge in [-0.25, -0.2) is 4.79 Å². The van der Waals surface area contributed by atoms with E-state index in [4.69, 9.17) is 0 Å². The predicted octanol–water partition coefficient (Wildman–Crippen LogP) is 2.99. The lowest BCUT2D eigenvalue weighted by Crippen LogP contribution is -2.31. The van der Waals surface area contributed by atoms with Crippen molar-refractivity contribution < 1.29 is 9.59 Å². The fraction of sp³-hybridized carbons (Fsp3) is 0.500. The Bertz CT molecular complexity index is 611. The van der Waals surface area contributed by atoms with E-state index in [1.807, 2.05) is 26.8 Å². The van der Waals surface area contributed by atoms with Crippen LogP contribution in [0.1, 0.15) is 50.2 Å². The highest BCUT2D eigenvalue weighted by molar-refractivity contribution is 6.14. The van der Waals surface area contributed by atoms with E-state index in [9.17, 15) is 9.59 Å². The largest absolute Gasteiger partial charge is 0.346 e. The molecule has 114 valence electrons. The van der Waals surface area contributed by atoms with Crippen molar-refractivity contribution in [2.75, 3.05) is 6.54 Å². The molecule has 0 spiro atoms. The standard InChI is InChI=1S/C16H23N3O2/c1-6-7-18-15(20)14(17-16(18)21)9-13-8-11(4)19(10(2)3)12(13)5/h8-10H,6-7H2,1-5H3,(H,17,21)/b14-9+. The number of carbonyl (C=O) groups excluding carboxylic acids is 2. The van der Waals surface area contributed by atoms with Crippen molar-refractivity contribution in [1.29, 1.82) is 0 Å². The summed E-state index contributed by atoms with van der Waals surface area (Å²) in [6.45, 7) is 10.7. The highest BCUT2D eigenvalue weighted by Gasteiger charge is 2.32. The van der Waals surface area contributed by atoms with Crippen LogP contribution in [0, 0.1) is 13.8 Å². The molecule has 0 aliphatic carbocycles. The highest BCUT2D eigenvalue weighted by Crippen LogP contribution is 2.23. The summed E-state index contributed by atoms with van der Waals surface area (Å²) in [5.74, 6) is -0.240. The van der Waals surface area contributed by atoms with E-state index in [0.717, 1.165) is 23.4 Å². The van der Waals surface area contributed by atoms with E-state index in [1.54, 1.807) is 6.08 Å². The van der Waals surface area contributed by atoms with Gasteiger partial charge in [-0.1, -0.05) is 6.92 Å². The summed E-state index contributed by atoms with van der Waals surface area (Å²) in [6, 6.07) is 2.08. The molecule has 0 bridgehead atoms. The second kappa shape index (κ2) is 5.76. The van der Waals surface area contributed by atoms with Crippen LogP contribution in [0.5, 0.6) is 0 Å². The average molecular weight is 289 g/mol. The number of carbonyl (C=O) groups is 2. The molecular weight excluding hydrogens is 266 g/mol. The molecular formula is C16H23N3O2. The van der Waals surface area contributed by atoms with Gasteiger partial charge in [-0.2, -0.15) is 0 Å². The maximum Gasteiger partial charge on any atom is 0.329 e. The number of nitrogens with one attached hydrogen (secondary N) is 1. The van der Waals surface area contributed by atoms with Gasteiger partial charge in [0.1, 0.15) is 5.70 Å². The lowest BCUT2D eigenvalue weighted by atomic mass is 10.2. The number of hydrogen-bond acceptors (Lipinski definition) is 2. The van der Waals surface area contributed by atoms with Gasteiger partial charge in [-0.15, -0.1) is 0 Å². The lowest BCUT2D eigenvalue weighted by Gasteiger charge is -2.13. The summed E-state index contributed by atoms with van der Waals surface area (Å²) in [5, 5.41) is 2.66. The second-order valence-corrected chi connectivity index (χ2v) is 5.74. The summed E-state index contributed by atoms with van der Waals surface area (Å²) >= 11 is 0. The van der Waals surface area contributed by atoms with Crippen LogP contribution in [0.2, 0.25) is 0 Å². The molecule has 21 heavy (non-hydrogen) atoms. The highest BCUT2D eigenvalue weighted by atomic mass is 16.2. The van der Waals surface area contributed by atoms with Crippen LogP contribution in [0.25, 0.3) is 6.08 Å². The Morgan fingerprint density at radius 3 is 2.48 bits per heavy atom. The first-order chi connectivity index (χ1) is 9.86. The Morgan fingerprint density at radius 2 is 1.95 bits per heavy atom. The van der Waals surface area contributed by atoms with E-state index in [2.05, 4.69) is 23.7 Å². The summed E-state index contributed by atoms with van der Waals surface area (Å²) in [7, 11) is 0. The molecule has 3 amide bonds. The summed E-state index contributed by atoms with van der Waals surface area (Å²) in [5.41, 5.74) is 3.59. The molecule has 0 unspecified atom stereocenters. The molecule has 0 saturated carbocycles. The van der Waals surface area contributed by atoms with Crippen molar-refractivity contribution in [2.24, 2.45) is 0 Å².